The molecule has 2 aliphatic heterocycles. The molecule has 2 heterocycles. The minimum atomic E-state index is 0.467. The molecular weight excluding hydrogens is 599 g/mol. The predicted octanol–water partition coefficient (Wildman–Crippen LogP) is 6.77. The van der Waals surface area contributed by atoms with Gasteiger partial charge in [-0.1, -0.05) is 24.3 Å². The van der Waals surface area contributed by atoms with Gasteiger partial charge >= 0.3 is 40.8 Å². The van der Waals surface area contributed by atoms with Crippen molar-refractivity contribution >= 4 is 49.6 Å². The summed E-state index contributed by atoms with van der Waals surface area (Å²) in [5, 5.41) is 0. The molecule has 0 N–H and O–H groups in total. The van der Waals surface area contributed by atoms with E-state index >= 15 is 0 Å². The van der Waals surface area contributed by atoms with Gasteiger partial charge in [-0.3, -0.25) is 0 Å². The van der Waals surface area contributed by atoms with Gasteiger partial charge in [0.2, 0.25) is 0 Å². The number of rotatable bonds is 6. The molecule has 0 saturated heterocycles. The van der Waals surface area contributed by atoms with Gasteiger partial charge in [0.05, 0.1) is 0 Å². The molecule has 2 aromatic carbocycles. The Bertz CT molecular complexity index is 752. The van der Waals surface area contributed by atoms with Crippen LogP contribution >= 0.6 is 26.9 Å². The van der Waals surface area contributed by atoms with Crippen molar-refractivity contribution in [3.8, 4) is 0 Å². The van der Waals surface area contributed by atoms with Crippen molar-refractivity contribution in [2.75, 3.05) is 32.7 Å². The molecule has 0 aliphatic carbocycles. The summed E-state index contributed by atoms with van der Waals surface area (Å²) in [5.74, 6) is 0. The molecule has 168 valence electrons. The normalized spacial score (nSPS) is 15.1. The summed E-state index contributed by atoms with van der Waals surface area (Å²) in [4.78, 5) is 9.54. The van der Waals surface area contributed by atoms with Gasteiger partial charge in [0.15, 0.2) is 0 Å². The summed E-state index contributed by atoms with van der Waals surface area (Å²) < 4.78 is 0. The van der Waals surface area contributed by atoms with Crippen LogP contribution in [0.4, 0.5) is 22.7 Å². The van der Waals surface area contributed by atoms with Crippen LogP contribution < -0.4 is 19.6 Å². The van der Waals surface area contributed by atoms with E-state index in [2.05, 4.69) is 136 Å². The molecule has 4 rings (SSSR count). The number of hydrogen-bond acceptors (Lipinski definition) is 4. The monoisotopic (exact) mass is 626 g/mol. The van der Waals surface area contributed by atoms with Crippen LogP contribution in [0.1, 0.15) is 34.1 Å². The minimum absolute atomic E-state index is 0.467. The average molecular weight is 629 g/mol. The summed E-state index contributed by atoms with van der Waals surface area (Å²) in [7, 11) is 0. The Kier molecular flexibility index (Phi) is 8.95. The summed E-state index contributed by atoms with van der Waals surface area (Å²) in [6.45, 7) is 15.6. The topological polar surface area (TPSA) is 13.0 Å². The number of fused-ring (bicyclic) bond motifs is 2. The summed E-state index contributed by atoms with van der Waals surface area (Å²) in [5.41, 5.74) is 5.27. The van der Waals surface area contributed by atoms with Crippen LogP contribution in [0.5, 0.6) is 0 Å². The molecular formula is C23H30Br2N4Pd-2. The second-order valence-corrected chi connectivity index (χ2v) is 15.2. The van der Waals surface area contributed by atoms with Gasteiger partial charge in [-0.15, -0.1) is 0 Å². The summed E-state index contributed by atoms with van der Waals surface area (Å²) in [6.07, 6.45) is 1.10. The van der Waals surface area contributed by atoms with Crippen molar-refractivity contribution < 1.29 is 13.9 Å². The molecule has 30 heavy (non-hydrogen) atoms. The van der Waals surface area contributed by atoms with E-state index in [9.17, 15) is 0 Å². The fraction of sp³-hybridized carbons (Fsp3) is 0.391. The molecule has 0 radical (unpaired) electrons. The number of halogens is 2. The average Bonchev–Trinajstić information content (AvgIpc) is 3.28. The second-order valence-electron chi connectivity index (χ2n) is 8.00. The van der Waals surface area contributed by atoms with Crippen LogP contribution in [0.3, 0.4) is 0 Å². The van der Waals surface area contributed by atoms with Crippen LogP contribution in [-0.4, -0.2) is 25.2 Å². The molecule has 2 aromatic rings. The molecule has 0 aromatic heterocycles. The van der Waals surface area contributed by atoms with Gasteiger partial charge < -0.3 is 19.6 Å². The zero-order chi connectivity index (χ0) is 21.7. The van der Waals surface area contributed by atoms with Gasteiger partial charge in [-0.05, 0) is 83.6 Å². The molecule has 7 heteroatoms. The first-order valence-electron chi connectivity index (χ1n) is 10.3. The van der Waals surface area contributed by atoms with Crippen LogP contribution in [0.25, 0.3) is 0 Å². The Morgan fingerprint density at radius 2 is 1.03 bits per heavy atom. The van der Waals surface area contributed by atoms with E-state index in [1.165, 1.54) is 22.7 Å². The van der Waals surface area contributed by atoms with E-state index in [0.29, 0.717) is 26.0 Å². The summed E-state index contributed by atoms with van der Waals surface area (Å²) >= 11 is 6.80. The van der Waals surface area contributed by atoms with E-state index in [-0.39, 0.29) is 0 Å². The molecule has 0 atom stereocenters. The molecule has 0 fully saturated rings. The van der Waals surface area contributed by atoms with Crippen molar-refractivity contribution in [1.82, 2.24) is 0 Å². The van der Waals surface area contributed by atoms with E-state index in [4.69, 9.17) is 0 Å². The molecule has 0 saturated carbocycles. The molecule has 2 aliphatic rings. The SMILES string of the molecule is CC(C)N1[CH-]N(CCCN2[CH-]N(C(C)C)c3ccccc32)c2ccccc21.[Br][Pd][Br]. The molecule has 0 bridgehead atoms. The number of benzene rings is 2. The zero-order valence-corrected chi connectivity index (χ0v) is 22.6. The van der Waals surface area contributed by atoms with Gasteiger partial charge in [0.25, 0.3) is 0 Å². The van der Waals surface area contributed by atoms with Gasteiger partial charge in [0, 0.05) is 22.7 Å². The molecule has 0 spiro atoms. The fourth-order valence-corrected chi connectivity index (χ4v) is 3.99. The molecule has 4 nitrogen and oxygen atoms in total. The van der Waals surface area contributed by atoms with Crippen molar-refractivity contribution in [2.24, 2.45) is 0 Å². The number of anilines is 4. The molecule has 0 unspecified atom stereocenters. The Morgan fingerprint density at radius 3 is 1.37 bits per heavy atom. The number of para-hydroxylation sites is 4. The Morgan fingerprint density at radius 1 is 0.700 bits per heavy atom. The first-order valence-corrected chi connectivity index (χ1v) is 17.4. The van der Waals surface area contributed by atoms with E-state index < -0.39 is 0 Å². The van der Waals surface area contributed by atoms with Crippen LogP contribution in [0, 0.1) is 13.3 Å². The Balaban J connectivity index is 0.000000806. The Labute approximate surface area is 203 Å². The fourth-order valence-electron chi connectivity index (χ4n) is 3.99. The van der Waals surface area contributed by atoms with Crippen LogP contribution in [-0.2, 0) is 13.9 Å². The molecule has 0 amide bonds. The van der Waals surface area contributed by atoms with E-state index in [0.717, 1.165) is 19.5 Å². The quantitative estimate of drug-likeness (QED) is 0.259. The van der Waals surface area contributed by atoms with Crippen molar-refractivity contribution in [2.45, 2.75) is 46.2 Å². The third-order valence-corrected chi connectivity index (χ3v) is 5.38. The third-order valence-electron chi connectivity index (χ3n) is 5.38. The number of nitrogens with zero attached hydrogens (tertiary/aromatic N) is 4. The predicted molar refractivity (Wildman–Crippen MR) is 134 cm³/mol. The van der Waals surface area contributed by atoms with Crippen molar-refractivity contribution in [1.29, 1.82) is 0 Å². The number of hydrogen-bond donors (Lipinski definition) is 0. The standard InChI is InChI=1S/C23H30N4.2BrH.Pd/c1-18(2)26-16-24(20-10-5-7-12-22(20)26)14-9-15-25-17-27(19(3)4)23-13-8-6-11-21(23)25;;;/h5-8,10-13,16-19H,9,14-15H2,1-4H3;2*1H;/q-2;;;+2/p-2. The van der Waals surface area contributed by atoms with Crippen molar-refractivity contribution in [3.63, 3.8) is 0 Å². The first-order chi connectivity index (χ1) is 14.5. The van der Waals surface area contributed by atoms with Gasteiger partial charge in [-0.25, -0.2) is 0 Å². The van der Waals surface area contributed by atoms with Crippen molar-refractivity contribution in [3.05, 3.63) is 61.9 Å². The van der Waals surface area contributed by atoms with Gasteiger partial charge in [-0.2, -0.15) is 13.3 Å². The third kappa shape index (κ3) is 5.35. The zero-order valence-electron chi connectivity index (χ0n) is 17.9. The van der Waals surface area contributed by atoms with E-state index in [1.54, 1.807) is 0 Å². The van der Waals surface area contributed by atoms with Crippen LogP contribution in [0.2, 0.25) is 0 Å². The maximum atomic E-state index is 3.11. The first kappa shape index (κ1) is 23.9. The summed E-state index contributed by atoms with van der Waals surface area (Å²) in [6, 6.07) is 18.4. The Hall–Kier alpha value is -0.738. The van der Waals surface area contributed by atoms with E-state index in [1.807, 2.05) is 0 Å². The maximum absolute atomic E-state index is 3.11. The second kappa shape index (κ2) is 11.2. The van der Waals surface area contributed by atoms with Gasteiger partial charge in [0.1, 0.15) is 0 Å². The van der Waals surface area contributed by atoms with Crippen LogP contribution in [0.15, 0.2) is 48.5 Å².